The highest BCUT2D eigenvalue weighted by Gasteiger charge is 2.26. The van der Waals surface area contributed by atoms with Gasteiger partial charge in [-0.1, -0.05) is 48.0 Å². The summed E-state index contributed by atoms with van der Waals surface area (Å²) < 4.78 is 5.44. The number of hydrogen-bond donors (Lipinski definition) is 2. The Bertz CT molecular complexity index is 878. The molecular formula is C25H32N4O3. The Kier molecular flexibility index (Phi) is 9.40. The van der Waals surface area contributed by atoms with Gasteiger partial charge in [0.15, 0.2) is 0 Å². The van der Waals surface area contributed by atoms with Crippen molar-refractivity contribution in [3.05, 3.63) is 71.3 Å². The first-order chi connectivity index (χ1) is 15.6. The molecule has 0 spiro atoms. The van der Waals surface area contributed by atoms with E-state index < -0.39 is 0 Å². The van der Waals surface area contributed by atoms with Gasteiger partial charge in [-0.15, -0.1) is 0 Å². The standard InChI is InChI=1S/C25H32N4O3/c1-20-10-12-21(13-11-20)19-27-28-25(31)23(29-15-17-32-18-16-29)9-5-6-14-26-24(30)22-7-3-2-4-8-22/h2-4,7-8,10-13,19,23H,5-6,9,14-18H2,1H3,(H,26,30)(H,28,31)/b27-19+/t23-/m1/s1. The fraction of sp³-hybridized carbons (Fsp3) is 0.400. The second-order valence-corrected chi connectivity index (χ2v) is 7.93. The molecule has 1 aliphatic rings. The molecule has 2 aromatic rings. The van der Waals surface area contributed by atoms with Crippen molar-refractivity contribution in [2.45, 2.75) is 32.2 Å². The Morgan fingerprint density at radius 1 is 1.06 bits per heavy atom. The van der Waals surface area contributed by atoms with Crippen LogP contribution in [0.5, 0.6) is 0 Å². The summed E-state index contributed by atoms with van der Waals surface area (Å²) in [7, 11) is 0. The van der Waals surface area contributed by atoms with Crippen LogP contribution in [-0.4, -0.2) is 61.8 Å². The van der Waals surface area contributed by atoms with Crippen molar-refractivity contribution in [1.82, 2.24) is 15.6 Å². The van der Waals surface area contributed by atoms with Gasteiger partial charge in [0, 0.05) is 25.2 Å². The predicted octanol–water partition coefficient (Wildman–Crippen LogP) is 2.75. The zero-order chi connectivity index (χ0) is 22.6. The van der Waals surface area contributed by atoms with E-state index in [4.69, 9.17) is 4.74 Å². The molecule has 1 atom stereocenters. The maximum Gasteiger partial charge on any atom is 0.257 e. The predicted molar refractivity (Wildman–Crippen MR) is 126 cm³/mol. The van der Waals surface area contributed by atoms with Crippen LogP contribution in [0.3, 0.4) is 0 Å². The largest absolute Gasteiger partial charge is 0.379 e. The molecule has 1 heterocycles. The van der Waals surface area contributed by atoms with Gasteiger partial charge in [-0.3, -0.25) is 14.5 Å². The van der Waals surface area contributed by atoms with Crippen LogP contribution in [0, 0.1) is 6.92 Å². The summed E-state index contributed by atoms with van der Waals surface area (Å²) >= 11 is 0. The lowest BCUT2D eigenvalue weighted by atomic mass is 10.1. The summed E-state index contributed by atoms with van der Waals surface area (Å²) in [5, 5.41) is 7.09. The van der Waals surface area contributed by atoms with Crippen molar-refractivity contribution in [2.24, 2.45) is 5.10 Å². The van der Waals surface area contributed by atoms with Crippen molar-refractivity contribution in [1.29, 1.82) is 0 Å². The normalized spacial score (nSPS) is 15.4. The minimum Gasteiger partial charge on any atom is -0.379 e. The second kappa shape index (κ2) is 12.7. The lowest BCUT2D eigenvalue weighted by molar-refractivity contribution is -0.128. The third-order valence-electron chi connectivity index (χ3n) is 5.48. The molecule has 0 unspecified atom stereocenters. The van der Waals surface area contributed by atoms with E-state index in [0.29, 0.717) is 31.7 Å². The van der Waals surface area contributed by atoms with Gasteiger partial charge in [-0.25, -0.2) is 5.43 Å². The van der Waals surface area contributed by atoms with Crippen LogP contribution >= 0.6 is 0 Å². The van der Waals surface area contributed by atoms with E-state index in [1.54, 1.807) is 18.3 Å². The molecule has 170 valence electrons. The van der Waals surface area contributed by atoms with Crippen LogP contribution in [0.2, 0.25) is 0 Å². The number of carbonyl (C=O) groups is 2. The Balaban J connectivity index is 1.47. The van der Waals surface area contributed by atoms with E-state index in [1.165, 1.54) is 5.56 Å². The van der Waals surface area contributed by atoms with Gasteiger partial charge in [-0.05, 0) is 43.9 Å². The SMILES string of the molecule is Cc1ccc(/C=N/NC(=O)[C@@H](CCCCNC(=O)c2ccccc2)N2CCOCC2)cc1. The molecule has 32 heavy (non-hydrogen) atoms. The number of amides is 2. The van der Waals surface area contributed by atoms with E-state index in [-0.39, 0.29) is 17.9 Å². The molecule has 1 fully saturated rings. The lowest BCUT2D eigenvalue weighted by Crippen LogP contribution is -2.50. The Morgan fingerprint density at radius 3 is 2.50 bits per heavy atom. The van der Waals surface area contributed by atoms with Gasteiger partial charge in [0.05, 0.1) is 25.5 Å². The van der Waals surface area contributed by atoms with Gasteiger partial charge in [0.25, 0.3) is 11.8 Å². The number of rotatable bonds is 10. The average molecular weight is 437 g/mol. The summed E-state index contributed by atoms with van der Waals surface area (Å²) in [5.41, 5.74) is 5.48. The molecule has 1 saturated heterocycles. The summed E-state index contributed by atoms with van der Waals surface area (Å²) in [4.78, 5) is 27.2. The Hall–Kier alpha value is -3.03. The van der Waals surface area contributed by atoms with Crippen molar-refractivity contribution in [3.8, 4) is 0 Å². The van der Waals surface area contributed by atoms with E-state index in [0.717, 1.165) is 31.5 Å². The molecule has 0 saturated carbocycles. The quantitative estimate of drug-likeness (QED) is 0.341. The number of benzene rings is 2. The number of hydrazone groups is 1. The summed E-state index contributed by atoms with van der Waals surface area (Å²) in [6.07, 6.45) is 3.99. The molecule has 7 heteroatoms. The number of aryl methyl sites for hydroxylation is 1. The first-order valence-electron chi connectivity index (χ1n) is 11.2. The second-order valence-electron chi connectivity index (χ2n) is 7.93. The highest BCUT2D eigenvalue weighted by Crippen LogP contribution is 2.12. The molecule has 0 aromatic heterocycles. The van der Waals surface area contributed by atoms with Crippen LogP contribution in [-0.2, 0) is 9.53 Å². The maximum absolute atomic E-state index is 12.9. The summed E-state index contributed by atoms with van der Waals surface area (Å²) in [5.74, 6) is -0.179. The maximum atomic E-state index is 12.9. The molecule has 2 aromatic carbocycles. The molecular weight excluding hydrogens is 404 g/mol. The lowest BCUT2D eigenvalue weighted by Gasteiger charge is -2.33. The van der Waals surface area contributed by atoms with Gasteiger partial charge in [-0.2, -0.15) is 5.10 Å². The minimum absolute atomic E-state index is 0.0708. The summed E-state index contributed by atoms with van der Waals surface area (Å²) in [6.45, 7) is 5.32. The molecule has 7 nitrogen and oxygen atoms in total. The molecule has 1 aliphatic heterocycles. The monoisotopic (exact) mass is 436 g/mol. The summed E-state index contributed by atoms with van der Waals surface area (Å²) in [6, 6.07) is 16.9. The average Bonchev–Trinajstić information content (AvgIpc) is 2.83. The van der Waals surface area contributed by atoms with E-state index in [2.05, 4.69) is 20.7 Å². The number of nitrogens with zero attached hydrogens (tertiary/aromatic N) is 2. The fourth-order valence-electron chi connectivity index (χ4n) is 3.62. The van der Waals surface area contributed by atoms with Gasteiger partial charge < -0.3 is 10.1 Å². The molecule has 0 radical (unpaired) electrons. The van der Waals surface area contributed by atoms with E-state index in [1.807, 2.05) is 49.4 Å². The number of unbranched alkanes of at least 4 members (excludes halogenated alkanes) is 1. The third-order valence-corrected chi connectivity index (χ3v) is 5.48. The first kappa shape index (κ1) is 23.6. The van der Waals surface area contributed by atoms with Crippen LogP contribution in [0.15, 0.2) is 59.7 Å². The number of nitrogens with one attached hydrogen (secondary N) is 2. The van der Waals surface area contributed by atoms with Crippen molar-refractivity contribution >= 4 is 18.0 Å². The molecule has 2 N–H and O–H groups in total. The fourth-order valence-corrected chi connectivity index (χ4v) is 3.62. The van der Waals surface area contributed by atoms with E-state index >= 15 is 0 Å². The number of ether oxygens (including phenoxy) is 1. The van der Waals surface area contributed by atoms with Crippen molar-refractivity contribution in [2.75, 3.05) is 32.8 Å². The zero-order valence-corrected chi connectivity index (χ0v) is 18.6. The number of carbonyl (C=O) groups excluding carboxylic acids is 2. The van der Waals surface area contributed by atoms with Gasteiger partial charge in [0.1, 0.15) is 0 Å². The smallest absolute Gasteiger partial charge is 0.257 e. The minimum atomic E-state index is -0.265. The van der Waals surface area contributed by atoms with Crippen molar-refractivity contribution in [3.63, 3.8) is 0 Å². The number of hydrogen-bond acceptors (Lipinski definition) is 5. The van der Waals surface area contributed by atoms with Gasteiger partial charge >= 0.3 is 0 Å². The number of morpholine rings is 1. The van der Waals surface area contributed by atoms with Gasteiger partial charge in [0.2, 0.25) is 0 Å². The molecule has 0 aliphatic carbocycles. The zero-order valence-electron chi connectivity index (χ0n) is 18.6. The van der Waals surface area contributed by atoms with Crippen LogP contribution < -0.4 is 10.7 Å². The van der Waals surface area contributed by atoms with Crippen molar-refractivity contribution < 1.29 is 14.3 Å². The van der Waals surface area contributed by atoms with Crippen LogP contribution in [0.1, 0.15) is 40.7 Å². The van der Waals surface area contributed by atoms with Crippen LogP contribution in [0.4, 0.5) is 0 Å². The molecule has 0 bridgehead atoms. The molecule has 2 amide bonds. The topological polar surface area (TPSA) is 83.0 Å². The first-order valence-corrected chi connectivity index (χ1v) is 11.2. The molecule has 3 rings (SSSR count). The third kappa shape index (κ3) is 7.59. The highest BCUT2D eigenvalue weighted by atomic mass is 16.5. The van der Waals surface area contributed by atoms with Crippen LogP contribution in [0.25, 0.3) is 0 Å². The highest BCUT2D eigenvalue weighted by molar-refractivity contribution is 5.94. The Labute approximate surface area is 189 Å². The van der Waals surface area contributed by atoms with E-state index in [9.17, 15) is 9.59 Å². The Morgan fingerprint density at radius 2 is 1.78 bits per heavy atom.